The number of ether oxygens (including phenoxy) is 1. The Morgan fingerprint density at radius 2 is 1.97 bits per heavy atom. The molecule has 2 aliphatic rings. The number of hydrogen-bond donors (Lipinski definition) is 0. The van der Waals surface area contributed by atoms with Gasteiger partial charge in [-0.3, -0.25) is 9.59 Å². The molecule has 1 spiro atoms. The second-order valence-electron chi connectivity index (χ2n) is 9.42. The highest BCUT2D eigenvalue weighted by molar-refractivity contribution is 5.91. The first-order valence-corrected chi connectivity index (χ1v) is 11.4. The zero-order valence-corrected chi connectivity index (χ0v) is 19.5. The van der Waals surface area contributed by atoms with Gasteiger partial charge in [0.05, 0.1) is 11.3 Å². The number of furan rings is 1. The number of aryl methyl sites for hydroxylation is 2. The standard InChI is InChI=1S/C24H33N3O5/c1-16-20(17(2)32-25-16)14-19-5-6-21(31-19)23(29)27-10-8-24(9-11-27)15-18(7-12-30-24)13-22(28)26(3)4/h5-6,18H,7-15H2,1-4H3. The van der Waals surface area contributed by atoms with Crippen molar-refractivity contribution in [2.45, 2.75) is 58.0 Å². The SMILES string of the molecule is Cc1noc(C)c1Cc1ccc(C(=O)N2CCC3(CC2)CC(CC(=O)N(C)C)CCO3)o1. The molecule has 0 saturated carbocycles. The minimum atomic E-state index is -0.218. The van der Waals surface area contributed by atoms with Gasteiger partial charge in [0, 0.05) is 52.2 Å². The topological polar surface area (TPSA) is 89.0 Å². The van der Waals surface area contributed by atoms with Gasteiger partial charge in [0.25, 0.3) is 5.91 Å². The lowest BCUT2D eigenvalue weighted by Gasteiger charge is -2.46. The Kier molecular flexibility index (Phi) is 6.42. The van der Waals surface area contributed by atoms with Gasteiger partial charge in [0.15, 0.2) is 5.76 Å². The molecule has 0 bridgehead atoms. The predicted octanol–water partition coefficient (Wildman–Crippen LogP) is 3.35. The summed E-state index contributed by atoms with van der Waals surface area (Å²) in [5.74, 6) is 2.29. The van der Waals surface area contributed by atoms with Crippen LogP contribution in [0, 0.1) is 19.8 Å². The van der Waals surface area contributed by atoms with E-state index in [1.54, 1.807) is 25.1 Å². The van der Waals surface area contributed by atoms with E-state index < -0.39 is 0 Å². The molecule has 2 fully saturated rings. The van der Waals surface area contributed by atoms with Crippen LogP contribution in [0.5, 0.6) is 0 Å². The molecule has 174 valence electrons. The van der Waals surface area contributed by atoms with Crippen LogP contribution in [0.1, 0.15) is 65.4 Å². The molecule has 1 unspecified atom stereocenters. The third-order valence-electron chi connectivity index (χ3n) is 6.92. The number of carbonyl (C=O) groups is 2. The Hall–Kier alpha value is -2.61. The van der Waals surface area contributed by atoms with E-state index in [-0.39, 0.29) is 17.4 Å². The summed E-state index contributed by atoms with van der Waals surface area (Å²) in [7, 11) is 3.60. The van der Waals surface area contributed by atoms with Gasteiger partial charge in [-0.2, -0.15) is 0 Å². The number of likely N-dealkylation sites (tertiary alicyclic amines) is 1. The highest BCUT2D eigenvalue weighted by Crippen LogP contribution is 2.39. The third kappa shape index (κ3) is 4.75. The Labute approximate surface area is 188 Å². The molecule has 2 amide bonds. The van der Waals surface area contributed by atoms with Gasteiger partial charge in [-0.25, -0.2) is 0 Å². The molecule has 2 aliphatic heterocycles. The molecule has 1 atom stereocenters. The van der Waals surface area contributed by atoms with E-state index in [2.05, 4.69) is 5.16 Å². The summed E-state index contributed by atoms with van der Waals surface area (Å²) in [6, 6.07) is 3.60. The first-order valence-electron chi connectivity index (χ1n) is 11.4. The Bertz CT molecular complexity index is 949. The molecular formula is C24H33N3O5. The number of amides is 2. The van der Waals surface area contributed by atoms with Crippen molar-refractivity contribution >= 4 is 11.8 Å². The molecule has 2 aromatic heterocycles. The van der Waals surface area contributed by atoms with Crippen LogP contribution in [0.15, 0.2) is 21.1 Å². The van der Waals surface area contributed by atoms with Crippen LogP contribution >= 0.6 is 0 Å². The van der Waals surface area contributed by atoms with Crippen molar-refractivity contribution < 1.29 is 23.3 Å². The first-order chi connectivity index (χ1) is 15.3. The van der Waals surface area contributed by atoms with Crippen molar-refractivity contribution in [1.82, 2.24) is 15.0 Å². The van der Waals surface area contributed by atoms with Gasteiger partial charge in [0.2, 0.25) is 5.91 Å². The molecule has 8 nitrogen and oxygen atoms in total. The molecule has 8 heteroatoms. The molecule has 4 rings (SSSR count). The van der Waals surface area contributed by atoms with Gasteiger partial charge in [-0.05, 0) is 57.6 Å². The van der Waals surface area contributed by atoms with Crippen LogP contribution in [-0.2, 0) is 16.0 Å². The number of aromatic nitrogens is 1. The van der Waals surface area contributed by atoms with Crippen molar-refractivity contribution in [3.8, 4) is 0 Å². The highest BCUT2D eigenvalue weighted by atomic mass is 16.5. The highest BCUT2D eigenvalue weighted by Gasteiger charge is 2.42. The van der Waals surface area contributed by atoms with Crippen molar-refractivity contribution in [3.63, 3.8) is 0 Å². The van der Waals surface area contributed by atoms with Crippen molar-refractivity contribution in [2.24, 2.45) is 5.92 Å². The Morgan fingerprint density at radius 1 is 1.22 bits per heavy atom. The largest absolute Gasteiger partial charge is 0.456 e. The zero-order valence-electron chi connectivity index (χ0n) is 19.5. The quantitative estimate of drug-likeness (QED) is 0.704. The van der Waals surface area contributed by atoms with Crippen LogP contribution < -0.4 is 0 Å². The summed E-state index contributed by atoms with van der Waals surface area (Å²) in [5, 5.41) is 3.97. The van der Waals surface area contributed by atoms with E-state index in [0.717, 1.165) is 48.5 Å². The van der Waals surface area contributed by atoms with Crippen molar-refractivity contribution in [2.75, 3.05) is 33.8 Å². The maximum absolute atomic E-state index is 13.0. The average molecular weight is 444 g/mol. The second kappa shape index (κ2) is 9.10. The summed E-state index contributed by atoms with van der Waals surface area (Å²) in [6.45, 7) is 5.73. The van der Waals surface area contributed by atoms with Gasteiger partial charge in [0.1, 0.15) is 11.5 Å². The summed E-state index contributed by atoms with van der Waals surface area (Å²) in [6.07, 6.45) is 4.51. The first kappa shape index (κ1) is 22.6. The van der Waals surface area contributed by atoms with E-state index in [4.69, 9.17) is 13.7 Å². The normalized spacial score (nSPS) is 20.5. The third-order valence-corrected chi connectivity index (χ3v) is 6.92. The lowest BCUT2D eigenvalue weighted by atomic mass is 9.78. The summed E-state index contributed by atoms with van der Waals surface area (Å²) in [4.78, 5) is 28.7. The van der Waals surface area contributed by atoms with Gasteiger partial charge in [-0.1, -0.05) is 5.16 Å². The molecule has 2 saturated heterocycles. The summed E-state index contributed by atoms with van der Waals surface area (Å²) >= 11 is 0. The van der Waals surface area contributed by atoms with Crippen molar-refractivity contribution in [3.05, 3.63) is 40.7 Å². The molecule has 0 radical (unpaired) electrons. The van der Waals surface area contributed by atoms with Crippen molar-refractivity contribution in [1.29, 1.82) is 0 Å². The zero-order chi connectivity index (χ0) is 22.9. The Balaban J connectivity index is 1.34. The van der Waals surface area contributed by atoms with Gasteiger partial charge in [-0.15, -0.1) is 0 Å². The Morgan fingerprint density at radius 3 is 2.62 bits per heavy atom. The van der Waals surface area contributed by atoms with E-state index in [1.807, 2.05) is 24.8 Å². The fourth-order valence-corrected chi connectivity index (χ4v) is 4.87. The van der Waals surface area contributed by atoms with E-state index in [1.165, 1.54) is 0 Å². The molecule has 32 heavy (non-hydrogen) atoms. The van der Waals surface area contributed by atoms with Crippen LogP contribution in [0.3, 0.4) is 0 Å². The van der Waals surface area contributed by atoms with Gasteiger partial charge >= 0.3 is 0 Å². The maximum Gasteiger partial charge on any atom is 0.289 e. The summed E-state index contributed by atoms with van der Waals surface area (Å²) in [5.41, 5.74) is 1.62. The molecule has 0 N–H and O–H groups in total. The number of piperidine rings is 1. The smallest absolute Gasteiger partial charge is 0.289 e. The van der Waals surface area contributed by atoms with Crippen LogP contribution in [0.4, 0.5) is 0 Å². The fraction of sp³-hybridized carbons (Fsp3) is 0.625. The molecule has 0 aliphatic carbocycles. The molecule has 4 heterocycles. The van der Waals surface area contributed by atoms with E-state index >= 15 is 0 Å². The van der Waals surface area contributed by atoms with Crippen LogP contribution in [0.2, 0.25) is 0 Å². The van der Waals surface area contributed by atoms with Crippen LogP contribution in [0.25, 0.3) is 0 Å². The molecule has 2 aromatic rings. The van der Waals surface area contributed by atoms with E-state index in [0.29, 0.717) is 44.2 Å². The lowest BCUT2D eigenvalue weighted by Crippen LogP contribution is -2.51. The molecule has 0 aromatic carbocycles. The molecular weight excluding hydrogens is 410 g/mol. The maximum atomic E-state index is 13.0. The minimum absolute atomic E-state index is 0.0833. The van der Waals surface area contributed by atoms with Crippen LogP contribution in [-0.4, -0.2) is 66.2 Å². The number of hydrogen-bond acceptors (Lipinski definition) is 6. The summed E-state index contributed by atoms with van der Waals surface area (Å²) < 4.78 is 17.3. The predicted molar refractivity (Wildman–Crippen MR) is 117 cm³/mol. The number of rotatable bonds is 5. The lowest BCUT2D eigenvalue weighted by molar-refractivity contribution is -0.139. The second-order valence-corrected chi connectivity index (χ2v) is 9.42. The van der Waals surface area contributed by atoms with E-state index in [9.17, 15) is 9.59 Å². The monoisotopic (exact) mass is 443 g/mol. The number of nitrogens with zero attached hydrogens (tertiary/aromatic N) is 3. The minimum Gasteiger partial charge on any atom is -0.456 e. The van der Waals surface area contributed by atoms with Gasteiger partial charge < -0.3 is 23.5 Å². The average Bonchev–Trinajstić information content (AvgIpc) is 3.36. The fourth-order valence-electron chi connectivity index (χ4n) is 4.87. The number of carbonyl (C=O) groups excluding carboxylic acids is 2.